The quantitative estimate of drug-likeness (QED) is 0.651. The molecular formula is C8H13O5P. The molecule has 0 radical (unpaired) electrons. The molecule has 0 atom stereocenters. The van der Waals surface area contributed by atoms with Crippen molar-refractivity contribution in [2.45, 2.75) is 6.92 Å². The first kappa shape index (κ1) is 13.1. The molecule has 0 aliphatic rings. The van der Waals surface area contributed by atoms with Crippen molar-refractivity contribution in [1.82, 2.24) is 0 Å². The zero-order valence-corrected chi connectivity index (χ0v) is 8.59. The van der Waals surface area contributed by atoms with Gasteiger partial charge in [0.05, 0.1) is 6.61 Å². The van der Waals surface area contributed by atoms with E-state index in [2.05, 4.69) is 0 Å². The third-order valence-corrected chi connectivity index (χ3v) is 1.05. The van der Waals surface area contributed by atoms with Crippen LogP contribution in [0.1, 0.15) is 6.92 Å². The van der Waals surface area contributed by atoms with Crippen LogP contribution >= 0.6 is 7.82 Å². The third kappa shape index (κ3) is 11.1. The molecule has 1 aromatic rings. The van der Waals surface area contributed by atoms with Crippen LogP contribution in [0.2, 0.25) is 0 Å². The van der Waals surface area contributed by atoms with Crippen LogP contribution in [0.4, 0.5) is 0 Å². The maximum absolute atomic E-state index is 8.88. The van der Waals surface area contributed by atoms with E-state index in [1.54, 1.807) is 0 Å². The summed E-state index contributed by atoms with van der Waals surface area (Å²) in [4.78, 5) is 21.6. The predicted molar refractivity (Wildman–Crippen MR) is 51.9 cm³/mol. The van der Waals surface area contributed by atoms with E-state index in [0.29, 0.717) is 0 Å². The summed E-state index contributed by atoms with van der Waals surface area (Å²) in [6, 6.07) is 9.80. The van der Waals surface area contributed by atoms with Crippen molar-refractivity contribution in [1.29, 1.82) is 0 Å². The highest BCUT2D eigenvalue weighted by molar-refractivity contribution is 7.45. The molecule has 1 rings (SSSR count). The summed E-state index contributed by atoms with van der Waals surface area (Å²) >= 11 is 0. The molecular weight excluding hydrogens is 207 g/mol. The number of hydrogen-bond donors (Lipinski definition) is 3. The highest BCUT2D eigenvalue weighted by Crippen LogP contribution is 2.25. The van der Waals surface area contributed by atoms with E-state index < -0.39 is 7.82 Å². The SMILES string of the molecule is CCOc1ccccc1.O=P(O)(O)O. The molecule has 0 amide bonds. The second kappa shape index (κ2) is 6.56. The van der Waals surface area contributed by atoms with Gasteiger partial charge in [-0.1, -0.05) is 18.2 Å². The minimum Gasteiger partial charge on any atom is -0.494 e. The number of benzene rings is 1. The average molecular weight is 220 g/mol. The van der Waals surface area contributed by atoms with Crippen molar-refractivity contribution >= 4 is 7.82 Å². The minimum absolute atomic E-state index is 0.740. The van der Waals surface area contributed by atoms with Crippen LogP contribution in [0, 0.1) is 0 Å². The van der Waals surface area contributed by atoms with E-state index in [-0.39, 0.29) is 0 Å². The number of phosphoric acid groups is 1. The molecule has 0 bridgehead atoms. The van der Waals surface area contributed by atoms with Crippen molar-refractivity contribution in [3.8, 4) is 5.75 Å². The summed E-state index contributed by atoms with van der Waals surface area (Å²) in [5.74, 6) is 0.944. The normalized spacial score (nSPS) is 10.0. The Morgan fingerprint density at radius 2 is 1.64 bits per heavy atom. The van der Waals surface area contributed by atoms with Gasteiger partial charge in [-0.15, -0.1) is 0 Å². The van der Waals surface area contributed by atoms with Gasteiger partial charge in [0.15, 0.2) is 0 Å². The molecule has 3 N–H and O–H groups in total. The Hall–Kier alpha value is -0.870. The molecule has 5 nitrogen and oxygen atoms in total. The minimum atomic E-state index is -4.64. The van der Waals surface area contributed by atoms with Gasteiger partial charge in [-0.25, -0.2) is 4.57 Å². The molecule has 0 saturated carbocycles. The van der Waals surface area contributed by atoms with Crippen molar-refractivity contribution in [3.05, 3.63) is 30.3 Å². The van der Waals surface area contributed by atoms with Crippen LogP contribution in [-0.2, 0) is 4.57 Å². The lowest BCUT2D eigenvalue weighted by Crippen LogP contribution is -1.89. The Bertz CT molecular complexity index is 273. The number of rotatable bonds is 2. The lowest BCUT2D eigenvalue weighted by molar-refractivity contribution is 0.275. The van der Waals surface area contributed by atoms with Crippen molar-refractivity contribution in [3.63, 3.8) is 0 Å². The van der Waals surface area contributed by atoms with Gasteiger partial charge in [-0.2, -0.15) is 0 Å². The Morgan fingerprint density at radius 1 is 1.21 bits per heavy atom. The molecule has 0 aliphatic heterocycles. The monoisotopic (exact) mass is 220 g/mol. The van der Waals surface area contributed by atoms with Crippen LogP contribution in [0.5, 0.6) is 5.75 Å². The van der Waals surface area contributed by atoms with Gasteiger partial charge < -0.3 is 19.4 Å². The van der Waals surface area contributed by atoms with Crippen LogP contribution in [-0.4, -0.2) is 21.3 Å². The Kier molecular flexibility index (Phi) is 6.16. The number of para-hydroxylation sites is 1. The second-order valence-electron chi connectivity index (χ2n) is 2.26. The van der Waals surface area contributed by atoms with E-state index in [0.717, 1.165) is 12.4 Å². The fourth-order valence-corrected chi connectivity index (χ4v) is 0.683. The maximum Gasteiger partial charge on any atom is 0.466 e. The van der Waals surface area contributed by atoms with Gasteiger partial charge in [-0.3, -0.25) is 0 Å². The fourth-order valence-electron chi connectivity index (χ4n) is 0.683. The lowest BCUT2D eigenvalue weighted by Gasteiger charge is -1.99. The molecule has 14 heavy (non-hydrogen) atoms. The molecule has 6 heteroatoms. The molecule has 1 aromatic carbocycles. The van der Waals surface area contributed by atoms with E-state index in [1.165, 1.54) is 0 Å². The van der Waals surface area contributed by atoms with Crippen LogP contribution in [0.25, 0.3) is 0 Å². The zero-order valence-electron chi connectivity index (χ0n) is 7.70. The molecule has 0 saturated heterocycles. The lowest BCUT2D eigenvalue weighted by atomic mass is 10.3. The van der Waals surface area contributed by atoms with Gasteiger partial charge in [0, 0.05) is 0 Å². The first-order valence-electron chi connectivity index (χ1n) is 3.89. The smallest absolute Gasteiger partial charge is 0.466 e. The summed E-state index contributed by atoms with van der Waals surface area (Å²) in [5.41, 5.74) is 0. The Morgan fingerprint density at radius 3 is 2.00 bits per heavy atom. The predicted octanol–water partition coefficient (Wildman–Crippen LogP) is 1.16. The van der Waals surface area contributed by atoms with Crippen molar-refractivity contribution < 1.29 is 24.0 Å². The van der Waals surface area contributed by atoms with Gasteiger partial charge in [-0.05, 0) is 19.1 Å². The molecule has 0 unspecified atom stereocenters. The van der Waals surface area contributed by atoms with E-state index in [9.17, 15) is 0 Å². The van der Waals surface area contributed by atoms with Gasteiger partial charge in [0.1, 0.15) is 5.75 Å². The van der Waals surface area contributed by atoms with Gasteiger partial charge >= 0.3 is 7.82 Å². The second-order valence-corrected chi connectivity index (χ2v) is 3.29. The van der Waals surface area contributed by atoms with E-state index in [1.807, 2.05) is 37.3 Å². The van der Waals surface area contributed by atoms with Crippen molar-refractivity contribution in [2.75, 3.05) is 6.61 Å². The molecule has 0 heterocycles. The molecule has 80 valence electrons. The number of ether oxygens (including phenoxy) is 1. The van der Waals surface area contributed by atoms with Crippen molar-refractivity contribution in [2.24, 2.45) is 0 Å². The number of hydrogen-bond acceptors (Lipinski definition) is 2. The summed E-state index contributed by atoms with van der Waals surface area (Å²) in [6.45, 7) is 2.72. The zero-order chi connectivity index (χ0) is 11.0. The highest BCUT2D eigenvalue weighted by atomic mass is 31.2. The molecule has 0 aliphatic carbocycles. The van der Waals surface area contributed by atoms with Crippen LogP contribution in [0.3, 0.4) is 0 Å². The first-order valence-corrected chi connectivity index (χ1v) is 5.46. The summed E-state index contributed by atoms with van der Waals surface area (Å²) in [6.07, 6.45) is 0. The van der Waals surface area contributed by atoms with Crippen LogP contribution < -0.4 is 4.74 Å². The molecule has 0 aromatic heterocycles. The van der Waals surface area contributed by atoms with E-state index >= 15 is 0 Å². The van der Waals surface area contributed by atoms with E-state index in [4.69, 9.17) is 24.0 Å². The highest BCUT2D eigenvalue weighted by Gasteiger charge is 2.00. The molecule has 0 spiro atoms. The largest absolute Gasteiger partial charge is 0.494 e. The third-order valence-electron chi connectivity index (χ3n) is 1.05. The fraction of sp³-hybridized carbons (Fsp3) is 0.250. The summed E-state index contributed by atoms with van der Waals surface area (Å²) in [5, 5.41) is 0. The van der Waals surface area contributed by atoms with Crippen LogP contribution in [0.15, 0.2) is 30.3 Å². The standard InChI is InChI=1S/C8H10O.H3O4P/c1-2-9-8-6-4-3-5-7-8;1-5(2,3)4/h3-7H,2H2,1H3;(H3,1,2,3,4). The maximum atomic E-state index is 8.88. The van der Waals surface area contributed by atoms with Gasteiger partial charge in [0.2, 0.25) is 0 Å². The topological polar surface area (TPSA) is 87.0 Å². The Labute approximate surface area is 82.2 Å². The molecule has 0 fully saturated rings. The Balaban J connectivity index is 0.000000292. The van der Waals surface area contributed by atoms with Gasteiger partial charge in [0.25, 0.3) is 0 Å². The summed E-state index contributed by atoms with van der Waals surface area (Å²) < 4.78 is 14.1. The first-order chi connectivity index (χ1) is 6.43. The average Bonchev–Trinajstić information content (AvgIpc) is 2.03. The summed E-state index contributed by atoms with van der Waals surface area (Å²) in [7, 11) is -4.64.